The Kier molecular flexibility index (Phi) is 1.89. The third kappa shape index (κ3) is 1.36. The maximum atomic E-state index is 11.6. The minimum absolute atomic E-state index is 0.00642. The van der Waals surface area contributed by atoms with E-state index in [-0.39, 0.29) is 6.61 Å². The molecule has 0 aliphatic carbocycles. The zero-order valence-corrected chi connectivity index (χ0v) is 7.93. The van der Waals surface area contributed by atoms with Crippen LogP contribution in [0.3, 0.4) is 0 Å². The first-order chi connectivity index (χ1) is 6.13. The van der Waals surface area contributed by atoms with Gasteiger partial charge in [-0.1, -0.05) is 12.1 Å². The number of aliphatic hydroxyl groups is 1. The van der Waals surface area contributed by atoms with Gasteiger partial charge in [-0.15, -0.1) is 0 Å². The second-order valence-electron chi connectivity index (χ2n) is 3.23. The molecule has 3 nitrogen and oxygen atoms in total. The van der Waals surface area contributed by atoms with E-state index in [0.717, 1.165) is 11.1 Å². The highest BCUT2D eigenvalue weighted by atomic mass is 32.2. The summed E-state index contributed by atoms with van der Waals surface area (Å²) in [6.07, 6.45) is 0.700. The molecule has 0 saturated carbocycles. The van der Waals surface area contributed by atoms with Crippen LogP contribution in [0.2, 0.25) is 0 Å². The van der Waals surface area contributed by atoms with E-state index in [2.05, 4.69) is 0 Å². The highest BCUT2D eigenvalue weighted by Gasteiger charge is 2.22. The van der Waals surface area contributed by atoms with Crippen LogP contribution in [0.1, 0.15) is 11.1 Å². The Morgan fingerprint density at radius 3 is 3.00 bits per heavy atom. The minimum Gasteiger partial charge on any atom is -0.392 e. The van der Waals surface area contributed by atoms with Crippen LogP contribution < -0.4 is 0 Å². The number of aliphatic hydroxyl groups excluding tert-OH is 1. The van der Waals surface area contributed by atoms with E-state index in [1.807, 2.05) is 6.07 Å². The Morgan fingerprint density at radius 1 is 1.54 bits per heavy atom. The summed E-state index contributed by atoms with van der Waals surface area (Å²) < 4.78 is 19.2. The lowest BCUT2D eigenvalue weighted by atomic mass is 10.1. The van der Waals surface area contributed by atoms with Crippen LogP contribution in [0.5, 0.6) is 0 Å². The van der Waals surface area contributed by atoms with E-state index in [1.54, 1.807) is 12.1 Å². The molecule has 0 radical (unpaired) electrons. The molecule has 1 aromatic rings. The van der Waals surface area contributed by atoms with E-state index in [0.29, 0.717) is 17.1 Å². The summed E-state index contributed by atoms with van der Waals surface area (Å²) in [5, 5.41) is 8.88. The van der Waals surface area contributed by atoms with Crippen LogP contribution in [-0.2, 0) is 22.8 Å². The van der Waals surface area contributed by atoms with Crippen LogP contribution in [0, 0.1) is 4.78 Å². The molecule has 0 saturated heterocycles. The molecule has 1 atom stereocenters. The average molecular weight is 197 g/mol. The van der Waals surface area contributed by atoms with Crippen LogP contribution in [0.4, 0.5) is 0 Å². The van der Waals surface area contributed by atoms with Gasteiger partial charge in [0.05, 0.1) is 21.2 Å². The largest absolute Gasteiger partial charge is 0.392 e. The fourth-order valence-electron chi connectivity index (χ4n) is 1.61. The molecule has 0 amide bonds. The molecule has 2 rings (SSSR count). The van der Waals surface area contributed by atoms with Crippen molar-refractivity contribution < 1.29 is 9.32 Å². The molecular weight excluding hydrogens is 186 g/mol. The van der Waals surface area contributed by atoms with Crippen molar-refractivity contribution in [1.29, 1.82) is 4.78 Å². The van der Waals surface area contributed by atoms with Gasteiger partial charge in [-0.2, -0.15) is 0 Å². The maximum Gasteiger partial charge on any atom is 0.0732 e. The molecule has 1 unspecified atom stereocenters. The Morgan fingerprint density at radius 2 is 2.31 bits per heavy atom. The molecule has 4 heteroatoms. The summed E-state index contributed by atoms with van der Waals surface area (Å²) in [5.74, 6) is 0.428. The lowest BCUT2D eigenvalue weighted by Gasteiger charge is -2.01. The second-order valence-corrected chi connectivity index (χ2v) is 5.43. The Labute approximate surface area is 77.4 Å². The summed E-state index contributed by atoms with van der Waals surface area (Å²) in [6.45, 7) is 0.00642. The van der Waals surface area contributed by atoms with Gasteiger partial charge in [-0.05, 0) is 23.6 Å². The first-order valence-electron chi connectivity index (χ1n) is 4.12. The van der Waals surface area contributed by atoms with Crippen molar-refractivity contribution in [2.45, 2.75) is 17.9 Å². The second kappa shape index (κ2) is 2.82. The van der Waals surface area contributed by atoms with Gasteiger partial charge >= 0.3 is 0 Å². The van der Waals surface area contributed by atoms with Crippen LogP contribution >= 0.6 is 0 Å². The summed E-state index contributed by atoms with van der Waals surface area (Å²) in [4.78, 5) is 0.657. The van der Waals surface area contributed by atoms with Gasteiger partial charge in [0, 0.05) is 5.75 Å². The van der Waals surface area contributed by atoms with Crippen molar-refractivity contribution in [2.24, 2.45) is 0 Å². The molecular formula is C9H11NO2S. The molecule has 1 aromatic carbocycles. The third-order valence-corrected chi connectivity index (χ3v) is 4.21. The van der Waals surface area contributed by atoms with Crippen LogP contribution in [0.25, 0.3) is 0 Å². The number of rotatable bonds is 1. The predicted octanol–water partition coefficient (Wildman–Crippen LogP) is 1.14. The lowest BCUT2D eigenvalue weighted by molar-refractivity contribution is 0.281. The van der Waals surface area contributed by atoms with Gasteiger partial charge in [0.2, 0.25) is 0 Å². The first kappa shape index (κ1) is 8.72. The fraction of sp³-hybridized carbons (Fsp3) is 0.333. The number of benzene rings is 1. The molecule has 0 bridgehead atoms. The zero-order valence-electron chi connectivity index (χ0n) is 7.12. The molecule has 0 spiro atoms. The number of hydrogen-bond acceptors (Lipinski definition) is 3. The van der Waals surface area contributed by atoms with Gasteiger partial charge in [-0.25, -0.2) is 8.99 Å². The van der Waals surface area contributed by atoms with Gasteiger partial charge in [0.1, 0.15) is 0 Å². The first-order valence-corrected chi connectivity index (χ1v) is 5.85. The molecule has 0 aromatic heterocycles. The highest BCUT2D eigenvalue weighted by Crippen LogP contribution is 2.27. The van der Waals surface area contributed by atoms with Crippen molar-refractivity contribution in [3.63, 3.8) is 0 Å². The Balaban J connectivity index is 2.59. The van der Waals surface area contributed by atoms with E-state index in [1.165, 1.54) is 0 Å². The minimum atomic E-state index is -2.51. The van der Waals surface area contributed by atoms with Gasteiger partial charge in [0.25, 0.3) is 0 Å². The van der Waals surface area contributed by atoms with E-state index in [9.17, 15) is 4.21 Å². The lowest BCUT2D eigenvalue weighted by Crippen LogP contribution is -1.96. The summed E-state index contributed by atoms with van der Waals surface area (Å²) in [6, 6.07) is 5.29. The SMILES string of the molecule is N=S1(=O)CCc2cc(CO)ccc21. The quantitative estimate of drug-likeness (QED) is 0.709. The maximum absolute atomic E-state index is 11.6. The molecule has 0 fully saturated rings. The van der Waals surface area contributed by atoms with Crippen molar-refractivity contribution >= 4 is 9.73 Å². The van der Waals surface area contributed by atoms with E-state index in [4.69, 9.17) is 9.89 Å². The molecule has 70 valence electrons. The number of fused-ring (bicyclic) bond motifs is 1. The van der Waals surface area contributed by atoms with Crippen LogP contribution in [0.15, 0.2) is 23.1 Å². The number of nitrogens with one attached hydrogen (secondary N) is 1. The Hall–Kier alpha value is -0.870. The number of hydrogen-bond donors (Lipinski definition) is 2. The van der Waals surface area contributed by atoms with E-state index < -0.39 is 9.73 Å². The molecule has 1 heterocycles. The summed E-state index contributed by atoms with van der Waals surface area (Å²) in [7, 11) is -2.51. The normalized spacial score (nSPS) is 25.9. The Bertz CT molecular complexity index is 437. The zero-order chi connectivity index (χ0) is 9.47. The average Bonchev–Trinajstić information content (AvgIpc) is 2.42. The summed E-state index contributed by atoms with van der Waals surface area (Å²) in [5.41, 5.74) is 1.79. The van der Waals surface area contributed by atoms with Gasteiger partial charge < -0.3 is 5.11 Å². The molecule has 1 aliphatic rings. The molecule has 1 aliphatic heterocycles. The van der Waals surface area contributed by atoms with E-state index >= 15 is 0 Å². The smallest absolute Gasteiger partial charge is 0.0732 e. The summed E-state index contributed by atoms with van der Waals surface area (Å²) >= 11 is 0. The highest BCUT2D eigenvalue weighted by molar-refractivity contribution is 7.92. The van der Waals surface area contributed by atoms with Crippen molar-refractivity contribution in [3.05, 3.63) is 29.3 Å². The predicted molar refractivity (Wildman–Crippen MR) is 50.1 cm³/mol. The van der Waals surface area contributed by atoms with Crippen molar-refractivity contribution in [1.82, 2.24) is 0 Å². The monoisotopic (exact) mass is 197 g/mol. The topological polar surface area (TPSA) is 61.2 Å². The fourth-order valence-corrected chi connectivity index (χ4v) is 3.21. The van der Waals surface area contributed by atoms with Gasteiger partial charge in [0.15, 0.2) is 0 Å². The van der Waals surface area contributed by atoms with Crippen molar-refractivity contribution in [2.75, 3.05) is 5.75 Å². The molecule has 13 heavy (non-hydrogen) atoms. The third-order valence-electron chi connectivity index (χ3n) is 2.32. The van der Waals surface area contributed by atoms with Gasteiger partial charge in [-0.3, -0.25) is 0 Å². The standard InChI is InChI=1S/C9H11NO2S/c10-13(12)4-3-8-5-7(6-11)1-2-9(8)13/h1-2,5,10-11H,3-4,6H2. The number of aryl methyl sites for hydroxylation is 1. The molecule has 2 N–H and O–H groups in total. The van der Waals surface area contributed by atoms with Crippen LogP contribution in [-0.4, -0.2) is 15.1 Å². The van der Waals surface area contributed by atoms with Crippen molar-refractivity contribution in [3.8, 4) is 0 Å².